The third kappa shape index (κ3) is 10.5. The van der Waals surface area contributed by atoms with Gasteiger partial charge in [-0.25, -0.2) is 0 Å². The Bertz CT molecular complexity index is 811. The molecule has 0 N–H and O–H groups in total. The highest BCUT2D eigenvalue weighted by molar-refractivity contribution is 5.92. The lowest BCUT2D eigenvalue weighted by Crippen LogP contribution is -2.50. The van der Waals surface area contributed by atoms with E-state index in [0.29, 0.717) is 16.9 Å². The van der Waals surface area contributed by atoms with Crippen LogP contribution in [0.15, 0.2) is 36.0 Å². The number of carbonyl (C=O) groups excluding carboxylic acids is 1. The Morgan fingerprint density at radius 2 is 1.61 bits per heavy atom. The minimum Gasteiger partial charge on any atom is -0.374 e. The summed E-state index contributed by atoms with van der Waals surface area (Å²) in [7, 11) is 4.29. The van der Waals surface area contributed by atoms with Gasteiger partial charge in [-0.1, -0.05) is 92.7 Å². The molecular formula is C38H71NO2. The van der Waals surface area contributed by atoms with Gasteiger partial charge in [0, 0.05) is 6.61 Å². The van der Waals surface area contributed by atoms with Gasteiger partial charge in [-0.05, 0) is 132 Å². The molecule has 0 radical (unpaired) electrons. The Labute approximate surface area is 257 Å². The molecule has 0 heterocycles. The Morgan fingerprint density at radius 3 is 2.15 bits per heavy atom. The Balaban J connectivity index is 0.000000973. The van der Waals surface area contributed by atoms with Crippen molar-refractivity contribution in [2.24, 2.45) is 34.5 Å². The molecule has 0 saturated heterocycles. The predicted octanol–water partition coefficient (Wildman–Crippen LogP) is 10.7. The second-order valence-electron chi connectivity index (χ2n) is 12.8. The second kappa shape index (κ2) is 19.9. The molecule has 0 bridgehead atoms. The fourth-order valence-electron chi connectivity index (χ4n) is 8.00. The summed E-state index contributed by atoms with van der Waals surface area (Å²) in [6, 6.07) is 0. The first-order chi connectivity index (χ1) is 19.5. The number of carbonyl (C=O) groups is 1. The molecule has 7 unspecified atom stereocenters. The first kappa shape index (κ1) is 39.8. The van der Waals surface area contributed by atoms with E-state index in [1.165, 1.54) is 58.3 Å². The van der Waals surface area contributed by atoms with Gasteiger partial charge < -0.3 is 9.64 Å². The zero-order valence-corrected chi connectivity index (χ0v) is 29.9. The average molecular weight is 574 g/mol. The summed E-state index contributed by atoms with van der Waals surface area (Å²) in [6.07, 6.45) is 18.7. The third-order valence-corrected chi connectivity index (χ3v) is 10.6. The number of hydrogen-bond donors (Lipinski definition) is 0. The topological polar surface area (TPSA) is 29.5 Å². The number of fused-ring (bicyclic) bond motifs is 5. The molecule has 3 saturated carbocycles. The summed E-state index contributed by atoms with van der Waals surface area (Å²) in [5.74, 6) is 3.98. The standard InChI is InChI=1S/C25H43NO.C7H10O.3C2H6/c1-18-7-10-22-21-9-8-19-17-20(27-16-6-15-26(4)5)11-13-25(19,3)23(21)12-14-24(18,22)2;1-4-5-6(2)7(3)8;3*1-2/h17-18,20-23H,6-16H2,1-5H3;4-5H,1H2,2-3H3;3*1-2H3/b;6-5+;;;. The Hall–Kier alpha value is -1.19. The normalized spacial score (nSPS) is 33.3. The van der Waals surface area contributed by atoms with Crippen molar-refractivity contribution >= 4 is 5.78 Å². The lowest BCUT2D eigenvalue weighted by Gasteiger charge is -2.58. The van der Waals surface area contributed by atoms with Gasteiger partial charge in [0.05, 0.1) is 6.10 Å². The van der Waals surface area contributed by atoms with Gasteiger partial charge in [-0.3, -0.25) is 4.79 Å². The van der Waals surface area contributed by atoms with Crippen molar-refractivity contribution in [3.8, 4) is 0 Å². The van der Waals surface area contributed by atoms with Crippen LogP contribution in [-0.4, -0.2) is 44.0 Å². The van der Waals surface area contributed by atoms with Crippen LogP contribution in [0.5, 0.6) is 0 Å². The van der Waals surface area contributed by atoms with Crippen LogP contribution >= 0.6 is 0 Å². The molecule has 3 heteroatoms. The molecule has 41 heavy (non-hydrogen) atoms. The van der Waals surface area contributed by atoms with Crippen LogP contribution in [-0.2, 0) is 9.53 Å². The molecule has 7 atom stereocenters. The maximum atomic E-state index is 10.4. The summed E-state index contributed by atoms with van der Waals surface area (Å²) < 4.78 is 6.26. The van der Waals surface area contributed by atoms with E-state index in [1.54, 1.807) is 24.6 Å². The molecule has 0 amide bonds. The first-order valence-electron chi connectivity index (χ1n) is 17.3. The Kier molecular flexibility index (Phi) is 19.3. The number of ketones is 1. The van der Waals surface area contributed by atoms with Crippen molar-refractivity contribution in [3.63, 3.8) is 0 Å². The highest BCUT2D eigenvalue weighted by atomic mass is 16.5. The summed E-state index contributed by atoms with van der Waals surface area (Å²) in [6.45, 7) is 28.6. The van der Waals surface area contributed by atoms with E-state index >= 15 is 0 Å². The van der Waals surface area contributed by atoms with Crippen LogP contribution in [0.3, 0.4) is 0 Å². The van der Waals surface area contributed by atoms with Crippen LogP contribution in [0, 0.1) is 34.5 Å². The van der Waals surface area contributed by atoms with Crippen molar-refractivity contribution in [1.82, 2.24) is 4.90 Å². The van der Waals surface area contributed by atoms with Gasteiger partial charge >= 0.3 is 0 Å². The fraction of sp³-hybridized carbons (Fsp3) is 0.816. The number of allylic oxidation sites excluding steroid dienone is 4. The quantitative estimate of drug-likeness (QED) is 0.131. The molecular weight excluding hydrogens is 502 g/mol. The van der Waals surface area contributed by atoms with Crippen LogP contribution in [0.4, 0.5) is 0 Å². The number of ether oxygens (including phenoxy) is 1. The van der Waals surface area contributed by atoms with Crippen molar-refractivity contribution < 1.29 is 9.53 Å². The van der Waals surface area contributed by atoms with Crippen molar-refractivity contribution in [2.45, 2.75) is 140 Å². The minimum absolute atomic E-state index is 0.102. The minimum atomic E-state index is 0.102. The molecule has 0 spiro atoms. The molecule has 0 aliphatic heterocycles. The molecule has 0 aromatic heterocycles. The molecule has 4 aliphatic rings. The predicted molar refractivity (Wildman–Crippen MR) is 182 cm³/mol. The molecule has 0 aromatic carbocycles. The maximum Gasteiger partial charge on any atom is 0.155 e. The zero-order chi connectivity index (χ0) is 31.8. The molecule has 3 nitrogen and oxygen atoms in total. The van der Waals surface area contributed by atoms with E-state index < -0.39 is 0 Å². The van der Waals surface area contributed by atoms with E-state index in [-0.39, 0.29) is 5.78 Å². The third-order valence-electron chi connectivity index (χ3n) is 10.6. The van der Waals surface area contributed by atoms with Gasteiger partial charge in [0.15, 0.2) is 5.78 Å². The van der Waals surface area contributed by atoms with Crippen molar-refractivity contribution in [3.05, 3.63) is 36.0 Å². The van der Waals surface area contributed by atoms with E-state index in [2.05, 4.69) is 52.4 Å². The van der Waals surface area contributed by atoms with E-state index in [4.69, 9.17) is 4.74 Å². The number of rotatable bonds is 7. The summed E-state index contributed by atoms with van der Waals surface area (Å²) in [5.41, 5.74) is 3.63. The Morgan fingerprint density at radius 1 is 0.976 bits per heavy atom. The zero-order valence-electron chi connectivity index (χ0n) is 29.9. The van der Waals surface area contributed by atoms with Crippen molar-refractivity contribution in [2.75, 3.05) is 27.2 Å². The lowest BCUT2D eigenvalue weighted by atomic mass is 9.47. The maximum absolute atomic E-state index is 10.4. The summed E-state index contributed by atoms with van der Waals surface area (Å²) in [5, 5.41) is 0. The van der Waals surface area contributed by atoms with E-state index in [1.807, 2.05) is 41.5 Å². The van der Waals surface area contributed by atoms with Crippen LogP contribution in [0.25, 0.3) is 0 Å². The number of nitrogens with zero attached hydrogens (tertiary/aromatic N) is 1. The highest BCUT2D eigenvalue weighted by Gasteiger charge is 2.57. The van der Waals surface area contributed by atoms with Gasteiger partial charge in [0.2, 0.25) is 0 Å². The van der Waals surface area contributed by atoms with Gasteiger partial charge in [0.25, 0.3) is 0 Å². The summed E-state index contributed by atoms with van der Waals surface area (Å²) in [4.78, 5) is 12.7. The van der Waals surface area contributed by atoms with Gasteiger partial charge in [-0.15, -0.1) is 0 Å². The first-order valence-corrected chi connectivity index (χ1v) is 17.3. The largest absolute Gasteiger partial charge is 0.374 e. The number of Topliss-reactive ketones (excluding diaryl/α,β-unsaturated/α-hetero) is 1. The van der Waals surface area contributed by atoms with E-state index in [0.717, 1.165) is 48.8 Å². The smallest absolute Gasteiger partial charge is 0.155 e. The molecule has 4 rings (SSSR count). The van der Waals surface area contributed by atoms with E-state index in [9.17, 15) is 4.79 Å². The SMILES string of the molecule is C=C/C=C(\C)C(C)=O.CC.CC.CC.CC1CCC2C3CCC4=CC(OCCCN(C)C)CCC4(C)C3CCC12C. The molecule has 3 fully saturated rings. The van der Waals surface area contributed by atoms with Crippen LogP contribution in [0.2, 0.25) is 0 Å². The molecule has 0 aromatic rings. The van der Waals surface area contributed by atoms with Crippen LogP contribution < -0.4 is 0 Å². The fourth-order valence-corrected chi connectivity index (χ4v) is 8.00. The molecule has 4 aliphatic carbocycles. The van der Waals surface area contributed by atoms with Gasteiger partial charge in [0.1, 0.15) is 0 Å². The average Bonchev–Trinajstić information content (AvgIpc) is 3.28. The highest BCUT2D eigenvalue weighted by Crippen LogP contribution is 2.66. The van der Waals surface area contributed by atoms with Gasteiger partial charge in [-0.2, -0.15) is 0 Å². The molecule has 240 valence electrons. The lowest BCUT2D eigenvalue weighted by molar-refractivity contribution is -0.113. The van der Waals surface area contributed by atoms with Crippen molar-refractivity contribution in [1.29, 1.82) is 0 Å². The second-order valence-corrected chi connectivity index (χ2v) is 12.8. The summed E-state index contributed by atoms with van der Waals surface area (Å²) >= 11 is 0. The monoisotopic (exact) mass is 574 g/mol. The number of hydrogen-bond acceptors (Lipinski definition) is 3. The van der Waals surface area contributed by atoms with Crippen LogP contribution in [0.1, 0.15) is 134 Å².